The molecule has 0 saturated carbocycles. The highest BCUT2D eigenvalue weighted by molar-refractivity contribution is 5.29. The minimum absolute atomic E-state index is 0.109. The maximum atomic E-state index is 6.48. The highest BCUT2D eigenvalue weighted by Gasteiger charge is 2.40. The zero-order valence-corrected chi connectivity index (χ0v) is 18.1. The molecule has 0 amide bonds. The van der Waals surface area contributed by atoms with Crippen LogP contribution >= 0.6 is 0 Å². The summed E-state index contributed by atoms with van der Waals surface area (Å²) in [5.74, 6) is 2.10. The Morgan fingerprint density at radius 1 is 0.962 bits per heavy atom. The van der Waals surface area contributed by atoms with Gasteiger partial charge in [-0.2, -0.15) is 0 Å². The lowest BCUT2D eigenvalue weighted by Gasteiger charge is -2.44. The predicted molar refractivity (Wildman–Crippen MR) is 117 cm³/mol. The molecule has 0 fully saturated rings. The maximum absolute atomic E-state index is 6.48. The molecule has 0 aliphatic heterocycles. The molecule has 0 aromatic rings. The molecule has 4 atom stereocenters. The van der Waals surface area contributed by atoms with Gasteiger partial charge in [-0.3, -0.25) is 0 Å². The first kappa shape index (κ1) is 23.4. The molecule has 152 valence electrons. The van der Waals surface area contributed by atoms with Crippen LogP contribution in [-0.4, -0.2) is 13.1 Å². The van der Waals surface area contributed by atoms with Crippen LogP contribution in [0.2, 0.25) is 0 Å². The summed E-state index contributed by atoms with van der Waals surface area (Å²) in [6, 6.07) is 0. The molecule has 0 aromatic heterocycles. The molecule has 1 aliphatic carbocycles. The second kappa shape index (κ2) is 12.7. The molecular formula is C24H46N2. The highest BCUT2D eigenvalue weighted by Crippen LogP contribution is 2.47. The SMILES string of the molecule is CCCCC(CC)CC1C(CN)=CC=CC1(CN)CC(CC)CCCC. The summed E-state index contributed by atoms with van der Waals surface area (Å²) in [6.07, 6.45) is 19.9. The fraction of sp³-hybridized carbons (Fsp3) is 0.833. The molecule has 2 nitrogen and oxygen atoms in total. The van der Waals surface area contributed by atoms with Crippen molar-refractivity contribution >= 4 is 0 Å². The van der Waals surface area contributed by atoms with Crippen molar-refractivity contribution in [2.24, 2.45) is 34.6 Å². The minimum Gasteiger partial charge on any atom is -0.330 e. The number of hydrogen-bond acceptors (Lipinski definition) is 2. The topological polar surface area (TPSA) is 52.0 Å². The Hall–Kier alpha value is -0.600. The van der Waals surface area contributed by atoms with Gasteiger partial charge >= 0.3 is 0 Å². The van der Waals surface area contributed by atoms with Crippen LogP contribution in [0, 0.1) is 23.2 Å². The molecule has 4 unspecified atom stereocenters. The van der Waals surface area contributed by atoms with Gasteiger partial charge in [-0.05, 0) is 30.6 Å². The van der Waals surface area contributed by atoms with Crippen LogP contribution in [0.3, 0.4) is 0 Å². The largest absolute Gasteiger partial charge is 0.330 e. The minimum atomic E-state index is 0.109. The third-order valence-corrected chi connectivity index (χ3v) is 6.82. The van der Waals surface area contributed by atoms with E-state index in [9.17, 15) is 0 Å². The Balaban J connectivity index is 3.03. The maximum Gasteiger partial charge on any atom is 0.0143 e. The smallest absolute Gasteiger partial charge is 0.0143 e. The third-order valence-electron chi connectivity index (χ3n) is 6.82. The standard InChI is InChI=1S/C24H46N2/c1-5-9-12-20(7-3)16-23-22(18-25)14-11-15-24(23,19-26)17-21(8-4)13-10-6-2/h11,14-15,20-21,23H,5-10,12-13,16-19,25-26H2,1-4H3. The summed E-state index contributed by atoms with van der Waals surface area (Å²) in [5, 5.41) is 0. The zero-order valence-electron chi connectivity index (χ0n) is 18.1. The molecular weight excluding hydrogens is 316 g/mol. The van der Waals surface area contributed by atoms with E-state index >= 15 is 0 Å². The van der Waals surface area contributed by atoms with Gasteiger partial charge in [-0.1, -0.05) is 103 Å². The van der Waals surface area contributed by atoms with Crippen LogP contribution in [0.15, 0.2) is 23.8 Å². The molecule has 0 saturated heterocycles. The molecule has 0 aromatic carbocycles. The Labute approximate surface area is 163 Å². The number of rotatable bonds is 14. The van der Waals surface area contributed by atoms with Gasteiger partial charge in [0.05, 0.1) is 0 Å². The Morgan fingerprint density at radius 2 is 1.58 bits per heavy atom. The van der Waals surface area contributed by atoms with Gasteiger partial charge < -0.3 is 11.5 Å². The number of allylic oxidation sites excluding steroid dienone is 2. The quantitative estimate of drug-likeness (QED) is 0.385. The van der Waals surface area contributed by atoms with Crippen molar-refractivity contribution in [1.82, 2.24) is 0 Å². The monoisotopic (exact) mass is 362 g/mol. The van der Waals surface area contributed by atoms with Crippen LogP contribution in [0.5, 0.6) is 0 Å². The van der Waals surface area contributed by atoms with E-state index < -0.39 is 0 Å². The van der Waals surface area contributed by atoms with Crippen molar-refractivity contribution in [3.8, 4) is 0 Å². The van der Waals surface area contributed by atoms with Crippen molar-refractivity contribution in [3.05, 3.63) is 23.8 Å². The van der Waals surface area contributed by atoms with E-state index in [0.29, 0.717) is 12.5 Å². The van der Waals surface area contributed by atoms with Gasteiger partial charge in [0.25, 0.3) is 0 Å². The summed E-state index contributed by atoms with van der Waals surface area (Å²) in [6.45, 7) is 10.7. The van der Waals surface area contributed by atoms with E-state index in [1.165, 1.54) is 69.8 Å². The van der Waals surface area contributed by atoms with E-state index in [1.54, 1.807) is 0 Å². The highest BCUT2D eigenvalue weighted by atomic mass is 14.6. The Kier molecular flexibility index (Phi) is 11.5. The average molecular weight is 363 g/mol. The average Bonchev–Trinajstić information content (AvgIpc) is 2.68. The summed E-state index contributed by atoms with van der Waals surface area (Å²) in [4.78, 5) is 0. The Morgan fingerprint density at radius 3 is 2.08 bits per heavy atom. The van der Waals surface area contributed by atoms with Crippen LogP contribution in [0.25, 0.3) is 0 Å². The van der Waals surface area contributed by atoms with Crippen LogP contribution < -0.4 is 11.5 Å². The fourth-order valence-electron chi connectivity index (χ4n) is 4.86. The molecule has 0 radical (unpaired) electrons. The Bertz CT molecular complexity index is 426. The van der Waals surface area contributed by atoms with Gasteiger partial charge in [0, 0.05) is 18.5 Å². The van der Waals surface area contributed by atoms with E-state index in [1.807, 2.05) is 0 Å². The molecule has 2 heteroatoms. The molecule has 1 aliphatic rings. The van der Waals surface area contributed by atoms with Crippen LogP contribution in [0.4, 0.5) is 0 Å². The van der Waals surface area contributed by atoms with Crippen molar-refractivity contribution in [2.45, 2.75) is 91.9 Å². The normalized spacial score (nSPS) is 25.2. The lowest BCUT2D eigenvalue weighted by Crippen LogP contribution is -2.42. The number of hydrogen-bond donors (Lipinski definition) is 2. The zero-order chi connectivity index (χ0) is 19.4. The van der Waals surface area contributed by atoms with Gasteiger partial charge in [-0.15, -0.1) is 0 Å². The summed E-state index contributed by atoms with van der Waals surface area (Å²) in [7, 11) is 0. The van der Waals surface area contributed by atoms with Crippen molar-refractivity contribution in [1.29, 1.82) is 0 Å². The van der Waals surface area contributed by atoms with E-state index in [2.05, 4.69) is 45.9 Å². The van der Waals surface area contributed by atoms with Gasteiger partial charge in [-0.25, -0.2) is 0 Å². The van der Waals surface area contributed by atoms with Crippen molar-refractivity contribution < 1.29 is 0 Å². The van der Waals surface area contributed by atoms with Gasteiger partial charge in [0.15, 0.2) is 0 Å². The number of nitrogens with two attached hydrogens (primary N) is 2. The van der Waals surface area contributed by atoms with Crippen LogP contribution in [0.1, 0.15) is 91.9 Å². The molecule has 1 rings (SSSR count). The third kappa shape index (κ3) is 6.53. The number of unbranched alkanes of at least 4 members (excludes halogenated alkanes) is 2. The van der Waals surface area contributed by atoms with Crippen LogP contribution in [-0.2, 0) is 0 Å². The van der Waals surface area contributed by atoms with E-state index in [4.69, 9.17) is 11.5 Å². The molecule has 0 spiro atoms. The molecule has 4 N–H and O–H groups in total. The predicted octanol–water partition coefficient (Wildman–Crippen LogP) is 6.22. The summed E-state index contributed by atoms with van der Waals surface area (Å²) >= 11 is 0. The molecule has 0 heterocycles. The van der Waals surface area contributed by atoms with Gasteiger partial charge in [0.2, 0.25) is 0 Å². The fourth-order valence-corrected chi connectivity index (χ4v) is 4.86. The van der Waals surface area contributed by atoms with Gasteiger partial charge in [0.1, 0.15) is 0 Å². The summed E-state index contributed by atoms with van der Waals surface area (Å²) in [5.41, 5.74) is 14.2. The summed E-state index contributed by atoms with van der Waals surface area (Å²) < 4.78 is 0. The lowest BCUT2D eigenvalue weighted by atomic mass is 9.61. The lowest BCUT2D eigenvalue weighted by molar-refractivity contribution is 0.163. The first-order chi connectivity index (χ1) is 12.6. The second-order valence-corrected chi connectivity index (χ2v) is 8.57. The molecule has 0 bridgehead atoms. The first-order valence-electron chi connectivity index (χ1n) is 11.4. The van der Waals surface area contributed by atoms with E-state index in [0.717, 1.165) is 18.4 Å². The molecule has 26 heavy (non-hydrogen) atoms. The van der Waals surface area contributed by atoms with Crippen molar-refractivity contribution in [3.63, 3.8) is 0 Å². The first-order valence-corrected chi connectivity index (χ1v) is 11.4. The van der Waals surface area contributed by atoms with E-state index in [-0.39, 0.29) is 5.41 Å². The second-order valence-electron chi connectivity index (χ2n) is 8.57. The van der Waals surface area contributed by atoms with Crippen molar-refractivity contribution in [2.75, 3.05) is 13.1 Å².